The van der Waals surface area contributed by atoms with Gasteiger partial charge in [0.25, 0.3) is 0 Å². The second-order valence-corrected chi connectivity index (χ2v) is 10.4. The number of hydrogen-bond donors (Lipinski definition) is 6. The Bertz CT molecular complexity index is 1540. The summed E-state index contributed by atoms with van der Waals surface area (Å²) >= 11 is 1.52. The van der Waals surface area contributed by atoms with Crippen molar-refractivity contribution in [2.24, 2.45) is 10.2 Å². The van der Waals surface area contributed by atoms with Gasteiger partial charge in [-0.05, 0) is 85.6 Å². The van der Waals surface area contributed by atoms with Crippen molar-refractivity contribution in [2.45, 2.75) is 23.6 Å². The van der Waals surface area contributed by atoms with Crippen LogP contribution >= 0.6 is 11.8 Å². The number of anilines is 6. The minimum Gasteiger partial charge on any atom is -0.733 e. The molecule has 17 heteroatoms. The standard InChI is InChI=1S/C28H26N8O8S/c1-17(29-31-25-13-7-21(33(37)38)15-27(25)35(41)42)19-3-9-23(10-4-19)45-24-11-5-20(6-12-24)18(2)30-32-26-14-8-22(34(39)40)16-28(26)36(43)44/h3-16,31-32,37,39,41,43H,1-2H3/q-4. The smallest absolute Gasteiger partial charge is 0.0810 e. The van der Waals surface area contributed by atoms with E-state index >= 15 is 0 Å². The fourth-order valence-electron chi connectivity index (χ4n) is 3.87. The van der Waals surface area contributed by atoms with Gasteiger partial charge in [-0.25, -0.2) is 0 Å². The molecule has 16 nitrogen and oxygen atoms in total. The number of rotatable bonds is 12. The zero-order valence-electron chi connectivity index (χ0n) is 23.6. The summed E-state index contributed by atoms with van der Waals surface area (Å²) in [5.74, 6) is 0. The maximum absolute atomic E-state index is 11.5. The van der Waals surface area contributed by atoms with E-state index < -0.39 is 20.9 Å². The highest BCUT2D eigenvalue weighted by Gasteiger charge is 2.08. The van der Waals surface area contributed by atoms with Gasteiger partial charge in [-0.15, -0.1) is 0 Å². The Morgan fingerprint density at radius 1 is 0.556 bits per heavy atom. The van der Waals surface area contributed by atoms with Crippen molar-refractivity contribution in [2.75, 3.05) is 31.8 Å². The number of hydrogen-bond acceptors (Lipinski definition) is 17. The monoisotopic (exact) mass is 634 g/mol. The van der Waals surface area contributed by atoms with Crippen molar-refractivity contribution in [3.63, 3.8) is 0 Å². The van der Waals surface area contributed by atoms with Crippen LogP contribution in [0.5, 0.6) is 0 Å². The molecule has 0 saturated carbocycles. The molecular weight excluding hydrogens is 608 g/mol. The van der Waals surface area contributed by atoms with Crippen molar-refractivity contribution in [3.8, 4) is 0 Å². The highest BCUT2D eigenvalue weighted by molar-refractivity contribution is 7.99. The molecule has 0 bridgehead atoms. The van der Waals surface area contributed by atoms with E-state index in [0.29, 0.717) is 11.4 Å². The summed E-state index contributed by atoms with van der Waals surface area (Å²) in [5.41, 5.74) is 7.17. The van der Waals surface area contributed by atoms with Crippen molar-refractivity contribution in [3.05, 3.63) is 117 Å². The van der Waals surface area contributed by atoms with E-state index in [-0.39, 0.29) is 34.1 Å². The van der Waals surface area contributed by atoms with Crippen LogP contribution in [0.25, 0.3) is 0 Å². The average Bonchev–Trinajstić information content (AvgIpc) is 3.02. The Hall–Kier alpha value is -4.95. The summed E-state index contributed by atoms with van der Waals surface area (Å²) < 4.78 is 0. The molecule has 0 aromatic heterocycles. The molecule has 0 fully saturated rings. The predicted octanol–water partition coefficient (Wildman–Crippen LogP) is 6.28. The van der Waals surface area contributed by atoms with E-state index in [1.165, 1.54) is 36.0 Å². The summed E-state index contributed by atoms with van der Waals surface area (Å²) in [6.07, 6.45) is 0. The van der Waals surface area contributed by atoms with Gasteiger partial charge in [0.05, 0.1) is 45.5 Å². The van der Waals surface area contributed by atoms with Crippen LogP contribution in [0.2, 0.25) is 0 Å². The number of benzene rings is 4. The van der Waals surface area contributed by atoms with Gasteiger partial charge in [0.2, 0.25) is 0 Å². The molecule has 0 radical (unpaired) electrons. The van der Waals surface area contributed by atoms with Crippen LogP contribution in [0.1, 0.15) is 25.0 Å². The molecule has 0 unspecified atom stereocenters. The minimum absolute atomic E-state index is 0.113. The molecule has 4 rings (SSSR count). The van der Waals surface area contributed by atoms with Crippen molar-refractivity contribution in [1.82, 2.24) is 0 Å². The van der Waals surface area contributed by atoms with E-state index in [1.807, 2.05) is 48.5 Å². The second kappa shape index (κ2) is 14.7. The molecule has 0 aliphatic rings. The van der Waals surface area contributed by atoms with E-state index in [1.54, 1.807) is 13.8 Å². The van der Waals surface area contributed by atoms with Crippen LogP contribution in [-0.2, 0) is 0 Å². The third kappa shape index (κ3) is 8.58. The maximum atomic E-state index is 11.5. The molecule has 0 spiro atoms. The predicted molar refractivity (Wildman–Crippen MR) is 172 cm³/mol. The van der Waals surface area contributed by atoms with Crippen LogP contribution in [0.4, 0.5) is 34.1 Å². The molecule has 4 aromatic carbocycles. The normalized spacial score (nSPS) is 11.7. The number of nitrogens with zero attached hydrogens (tertiary/aromatic N) is 6. The molecule has 236 valence electrons. The lowest BCUT2D eigenvalue weighted by Gasteiger charge is -2.28. The van der Waals surface area contributed by atoms with Crippen LogP contribution in [0.15, 0.2) is 105 Å². The first-order valence-electron chi connectivity index (χ1n) is 12.8. The average molecular weight is 635 g/mol. The summed E-state index contributed by atoms with van der Waals surface area (Å²) in [7, 11) is 0. The highest BCUT2D eigenvalue weighted by atomic mass is 32.2. The Morgan fingerprint density at radius 3 is 1.22 bits per heavy atom. The Morgan fingerprint density at radius 2 is 0.911 bits per heavy atom. The molecule has 0 heterocycles. The molecule has 0 aliphatic heterocycles. The first-order valence-corrected chi connectivity index (χ1v) is 13.7. The van der Waals surface area contributed by atoms with E-state index in [2.05, 4.69) is 21.1 Å². The van der Waals surface area contributed by atoms with Gasteiger partial charge in [-0.2, -0.15) is 10.2 Å². The summed E-state index contributed by atoms with van der Waals surface area (Å²) in [5, 5.41) is 88.5. The zero-order chi connectivity index (χ0) is 32.7. The van der Waals surface area contributed by atoms with Crippen LogP contribution in [0.3, 0.4) is 0 Å². The van der Waals surface area contributed by atoms with Crippen molar-refractivity contribution in [1.29, 1.82) is 0 Å². The molecule has 0 amide bonds. The minimum atomic E-state index is -0.441. The van der Waals surface area contributed by atoms with Crippen molar-refractivity contribution < 1.29 is 20.8 Å². The number of hydrazone groups is 2. The Kier molecular flexibility index (Phi) is 10.8. The topological polar surface area (TPSA) is 235 Å². The van der Waals surface area contributed by atoms with Crippen molar-refractivity contribution >= 4 is 57.3 Å². The summed E-state index contributed by atoms with van der Waals surface area (Å²) in [4.78, 5) is 1.90. The quantitative estimate of drug-likeness (QED) is 0.0742. The van der Waals surface area contributed by atoms with Gasteiger partial charge in [-0.1, -0.05) is 36.0 Å². The van der Waals surface area contributed by atoms with Crippen LogP contribution < -0.4 is 31.8 Å². The maximum Gasteiger partial charge on any atom is 0.0810 e. The van der Waals surface area contributed by atoms with Gasteiger partial charge in [0.1, 0.15) is 0 Å². The summed E-state index contributed by atoms with van der Waals surface area (Å²) in [6.45, 7) is 3.49. The molecular formula is C28H26N8O8S-4. The lowest BCUT2D eigenvalue weighted by molar-refractivity contribution is 0.292. The van der Waals surface area contributed by atoms with E-state index in [0.717, 1.165) is 33.1 Å². The lowest BCUT2D eigenvalue weighted by atomic mass is 10.1. The third-order valence-corrected chi connectivity index (χ3v) is 7.30. The van der Waals surface area contributed by atoms with Gasteiger partial charge < -0.3 is 41.7 Å². The Balaban J connectivity index is 1.38. The van der Waals surface area contributed by atoms with Crippen LogP contribution in [0, 0.1) is 20.8 Å². The molecule has 45 heavy (non-hydrogen) atoms. The second-order valence-electron chi connectivity index (χ2n) is 9.26. The summed E-state index contributed by atoms with van der Waals surface area (Å²) in [6, 6.07) is 22.2. The van der Waals surface area contributed by atoms with Crippen LogP contribution in [-0.4, -0.2) is 32.3 Å². The lowest BCUT2D eigenvalue weighted by Crippen LogP contribution is -2.13. The SMILES string of the molecule is CC(=NNc1ccc(N([O-])O)cc1N([O-])O)c1ccc(Sc2ccc(C(C)=NNc3ccc(N([O-])O)cc3N([O-])O)cc2)cc1. The molecule has 4 aromatic rings. The Labute approximate surface area is 260 Å². The molecule has 0 saturated heterocycles. The number of nitrogens with one attached hydrogen (secondary N) is 2. The van der Waals surface area contributed by atoms with E-state index in [9.17, 15) is 31.2 Å². The fourth-order valence-corrected chi connectivity index (χ4v) is 4.68. The fraction of sp³-hybridized carbons (Fsp3) is 0.0714. The first kappa shape index (κ1) is 33.0. The van der Waals surface area contributed by atoms with Gasteiger partial charge in [-0.3, -0.25) is 31.7 Å². The van der Waals surface area contributed by atoms with Gasteiger partial charge >= 0.3 is 0 Å². The van der Waals surface area contributed by atoms with Gasteiger partial charge in [0, 0.05) is 9.79 Å². The highest BCUT2D eigenvalue weighted by Crippen LogP contribution is 2.32. The first-order chi connectivity index (χ1) is 21.4. The zero-order valence-corrected chi connectivity index (χ0v) is 24.4. The largest absolute Gasteiger partial charge is 0.733 e. The molecule has 0 aliphatic carbocycles. The van der Waals surface area contributed by atoms with Gasteiger partial charge in [0.15, 0.2) is 0 Å². The third-order valence-electron chi connectivity index (χ3n) is 6.28. The van der Waals surface area contributed by atoms with E-state index in [4.69, 9.17) is 10.4 Å². The molecule has 0 atom stereocenters. The molecule has 6 N–H and O–H groups in total.